The summed E-state index contributed by atoms with van der Waals surface area (Å²) < 4.78 is 0. The minimum atomic E-state index is 0.253. The molecule has 0 saturated carbocycles. The summed E-state index contributed by atoms with van der Waals surface area (Å²) in [5, 5.41) is 9.04. The molecule has 0 aliphatic carbocycles. The molecule has 3 nitrogen and oxygen atoms in total. The molecule has 0 spiro atoms. The summed E-state index contributed by atoms with van der Waals surface area (Å²) in [5.74, 6) is 1.14. The van der Waals surface area contributed by atoms with Gasteiger partial charge in [-0.15, -0.1) is 11.6 Å². The SMILES string of the molecule is CCN1CC(CCCl)N(c2ccc(C)c(Cl)c2)C1=N. The van der Waals surface area contributed by atoms with E-state index in [4.69, 9.17) is 28.6 Å². The van der Waals surface area contributed by atoms with Crippen molar-refractivity contribution in [1.82, 2.24) is 4.90 Å². The monoisotopic (exact) mass is 299 g/mol. The maximum atomic E-state index is 8.30. The number of nitrogens with one attached hydrogen (secondary N) is 1. The van der Waals surface area contributed by atoms with Crippen LogP contribution in [-0.2, 0) is 0 Å². The lowest BCUT2D eigenvalue weighted by molar-refractivity contribution is 0.449. The molecule has 1 N–H and O–H groups in total. The molecule has 1 aromatic rings. The zero-order valence-electron chi connectivity index (χ0n) is 11.3. The van der Waals surface area contributed by atoms with Crippen LogP contribution in [-0.4, -0.2) is 35.9 Å². The number of guanidine groups is 1. The van der Waals surface area contributed by atoms with Crippen LogP contribution in [0, 0.1) is 12.3 Å². The lowest BCUT2D eigenvalue weighted by Gasteiger charge is -2.25. The predicted molar refractivity (Wildman–Crippen MR) is 82.8 cm³/mol. The second-order valence-electron chi connectivity index (χ2n) is 4.80. The van der Waals surface area contributed by atoms with Crippen molar-refractivity contribution in [3.05, 3.63) is 28.8 Å². The minimum absolute atomic E-state index is 0.253. The van der Waals surface area contributed by atoms with Crippen LogP contribution in [0.15, 0.2) is 18.2 Å². The number of anilines is 1. The summed E-state index contributed by atoms with van der Waals surface area (Å²) in [6.07, 6.45) is 0.867. The van der Waals surface area contributed by atoms with E-state index in [0.29, 0.717) is 11.8 Å². The van der Waals surface area contributed by atoms with Crippen LogP contribution >= 0.6 is 23.2 Å². The van der Waals surface area contributed by atoms with Crippen molar-refractivity contribution >= 4 is 34.8 Å². The van der Waals surface area contributed by atoms with Gasteiger partial charge in [-0.2, -0.15) is 0 Å². The first-order valence-electron chi connectivity index (χ1n) is 6.53. The molecule has 0 bridgehead atoms. The molecule has 1 unspecified atom stereocenters. The summed E-state index contributed by atoms with van der Waals surface area (Å²) in [6.45, 7) is 5.75. The van der Waals surface area contributed by atoms with Crippen LogP contribution in [0.2, 0.25) is 5.02 Å². The molecule has 19 heavy (non-hydrogen) atoms. The fraction of sp³-hybridized carbons (Fsp3) is 0.500. The Hall–Kier alpha value is -0.930. The molecular weight excluding hydrogens is 281 g/mol. The molecule has 1 aliphatic heterocycles. The molecule has 1 saturated heterocycles. The van der Waals surface area contributed by atoms with Gasteiger partial charge in [0.05, 0.1) is 6.04 Å². The fourth-order valence-corrected chi connectivity index (χ4v) is 2.86. The van der Waals surface area contributed by atoms with E-state index in [0.717, 1.165) is 35.8 Å². The molecule has 0 radical (unpaired) electrons. The standard InChI is InChI=1S/C14H19Cl2N3/c1-3-18-9-12(6-7-15)19(14(18)17)11-5-4-10(2)13(16)8-11/h4-5,8,12,17H,3,6-7,9H2,1-2H3. The summed E-state index contributed by atoms with van der Waals surface area (Å²) in [6, 6.07) is 6.21. The summed E-state index contributed by atoms with van der Waals surface area (Å²) in [5.41, 5.74) is 2.03. The van der Waals surface area contributed by atoms with Gasteiger partial charge in [0.2, 0.25) is 0 Å². The second kappa shape index (κ2) is 6.02. The van der Waals surface area contributed by atoms with Crippen LogP contribution in [0.5, 0.6) is 0 Å². The van der Waals surface area contributed by atoms with E-state index in [1.165, 1.54) is 0 Å². The molecule has 1 aromatic carbocycles. The number of aryl methyl sites for hydroxylation is 1. The molecule has 1 fully saturated rings. The van der Waals surface area contributed by atoms with E-state index in [2.05, 4.69) is 11.8 Å². The maximum absolute atomic E-state index is 8.30. The van der Waals surface area contributed by atoms with Crippen molar-refractivity contribution in [3.8, 4) is 0 Å². The third-order valence-electron chi connectivity index (χ3n) is 3.58. The number of rotatable bonds is 4. The Bertz CT molecular complexity index is 476. The van der Waals surface area contributed by atoms with E-state index >= 15 is 0 Å². The zero-order chi connectivity index (χ0) is 14.0. The molecule has 0 amide bonds. The Kier molecular flexibility index (Phi) is 4.58. The highest BCUT2D eigenvalue weighted by molar-refractivity contribution is 6.31. The van der Waals surface area contributed by atoms with Crippen molar-refractivity contribution in [2.45, 2.75) is 26.3 Å². The van der Waals surface area contributed by atoms with Gasteiger partial charge in [0.15, 0.2) is 5.96 Å². The average Bonchev–Trinajstić information content (AvgIpc) is 2.70. The van der Waals surface area contributed by atoms with Crippen molar-refractivity contribution in [3.63, 3.8) is 0 Å². The Morgan fingerprint density at radius 3 is 2.74 bits per heavy atom. The second-order valence-corrected chi connectivity index (χ2v) is 5.58. The quantitative estimate of drug-likeness (QED) is 0.859. The van der Waals surface area contributed by atoms with Gasteiger partial charge in [0.1, 0.15) is 0 Å². The number of benzene rings is 1. The number of hydrogen-bond acceptors (Lipinski definition) is 1. The summed E-state index contributed by atoms with van der Waals surface area (Å²) >= 11 is 12.1. The van der Waals surface area contributed by atoms with Crippen LogP contribution in [0.25, 0.3) is 0 Å². The van der Waals surface area contributed by atoms with Gasteiger partial charge in [0.25, 0.3) is 0 Å². The smallest absolute Gasteiger partial charge is 0.198 e. The van der Waals surface area contributed by atoms with Crippen molar-refractivity contribution in [1.29, 1.82) is 5.41 Å². The maximum Gasteiger partial charge on any atom is 0.198 e. The normalized spacial score (nSPS) is 19.4. The highest BCUT2D eigenvalue weighted by atomic mass is 35.5. The van der Waals surface area contributed by atoms with E-state index in [1.54, 1.807) is 0 Å². The van der Waals surface area contributed by atoms with Crippen LogP contribution in [0.4, 0.5) is 5.69 Å². The summed E-state index contributed by atoms with van der Waals surface area (Å²) in [4.78, 5) is 4.10. The number of alkyl halides is 1. The van der Waals surface area contributed by atoms with Gasteiger partial charge in [-0.25, -0.2) is 0 Å². The Balaban J connectivity index is 2.33. The lowest BCUT2D eigenvalue weighted by atomic mass is 10.1. The fourth-order valence-electron chi connectivity index (χ4n) is 2.44. The number of likely N-dealkylation sites (N-methyl/N-ethyl adjacent to an activating group) is 1. The van der Waals surface area contributed by atoms with Gasteiger partial charge in [-0.1, -0.05) is 17.7 Å². The molecule has 1 aliphatic rings. The topological polar surface area (TPSA) is 30.3 Å². The summed E-state index contributed by atoms with van der Waals surface area (Å²) in [7, 11) is 0. The third-order valence-corrected chi connectivity index (χ3v) is 4.21. The Morgan fingerprint density at radius 2 is 2.16 bits per heavy atom. The van der Waals surface area contributed by atoms with Crippen LogP contribution in [0.1, 0.15) is 18.9 Å². The van der Waals surface area contributed by atoms with Gasteiger partial charge >= 0.3 is 0 Å². The molecule has 5 heteroatoms. The van der Waals surface area contributed by atoms with Crippen molar-refractivity contribution in [2.24, 2.45) is 0 Å². The van der Waals surface area contributed by atoms with Gasteiger partial charge in [-0.05, 0) is 38.0 Å². The molecule has 1 atom stereocenters. The number of nitrogens with zero attached hydrogens (tertiary/aromatic N) is 2. The first kappa shape index (κ1) is 14.5. The molecule has 2 rings (SSSR count). The number of halogens is 2. The van der Waals surface area contributed by atoms with E-state index in [1.807, 2.05) is 30.0 Å². The van der Waals surface area contributed by atoms with Gasteiger partial charge in [0, 0.05) is 29.7 Å². The average molecular weight is 300 g/mol. The molecule has 0 aromatic heterocycles. The largest absolute Gasteiger partial charge is 0.341 e. The molecule has 104 valence electrons. The van der Waals surface area contributed by atoms with Crippen LogP contribution in [0.3, 0.4) is 0 Å². The van der Waals surface area contributed by atoms with Gasteiger partial charge in [-0.3, -0.25) is 5.41 Å². The van der Waals surface area contributed by atoms with E-state index in [9.17, 15) is 0 Å². The first-order valence-corrected chi connectivity index (χ1v) is 7.44. The highest BCUT2D eigenvalue weighted by Crippen LogP contribution is 2.29. The van der Waals surface area contributed by atoms with E-state index < -0.39 is 0 Å². The first-order chi connectivity index (χ1) is 9.08. The van der Waals surface area contributed by atoms with Gasteiger partial charge < -0.3 is 9.80 Å². The predicted octanol–water partition coefficient (Wildman–Crippen LogP) is 3.72. The minimum Gasteiger partial charge on any atom is -0.341 e. The van der Waals surface area contributed by atoms with Crippen molar-refractivity contribution < 1.29 is 0 Å². The molecule has 1 heterocycles. The Morgan fingerprint density at radius 1 is 1.42 bits per heavy atom. The highest BCUT2D eigenvalue weighted by Gasteiger charge is 2.34. The third kappa shape index (κ3) is 2.82. The lowest BCUT2D eigenvalue weighted by Crippen LogP contribution is -2.35. The van der Waals surface area contributed by atoms with E-state index in [-0.39, 0.29) is 6.04 Å². The number of hydrogen-bond donors (Lipinski definition) is 1. The van der Waals surface area contributed by atoms with Crippen molar-refractivity contribution in [2.75, 3.05) is 23.9 Å². The van der Waals surface area contributed by atoms with Crippen LogP contribution < -0.4 is 4.90 Å². The zero-order valence-corrected chi connectivity index (χ0v) is 12.8. The Labute approximate surface area is 124 Å². The molecular formula is C14H19Cl2N3.